The van der Waals surface area contributed by atoms with E-state index >= 15 is 0 Å². The van der Waals surface area contributed by atoms with E-state index in [2.05, 4.69) is 41.4 Å². The summed E-state index contributed by atoms with van der Waals surface area (Å²) in [6, 6.07) is 14.7. The molecule has 0 fully saturated rings. The highest BCUT2D eigenvalue weighted by Gasteiger charge is 1.99. The topological polar surface area (TPSA) is 25.2 Å². The Labute approximate surface area is 119 Å². The Morgan fingerprint density at radius 3 is 2.79 bits per heavy atom. The van der Waals surface area contributed by atoms with E-state index in [1.54, 1.807) is 20.7 Å². The van der Waals surface area contributed by atoms with Crippen LogP contribution in [0.4, 0.5) is 0 Å². The molecule has 0 saturated heterocycles. The Hall–Kier alpha value is -1.52. The van der Waals surface area contributed by atoms with Gasteiger partial charge < -0.3 is 0 Å². The lowest BCUT2D eigenvalue weighted by atomic mass is 10.1. The average molecular weight is 286 g/mol. The summed E-state index contributed by atoms with van der Waals surface area (Å²) < 4.78 is 1.13. The van der Waals surface area contributed by atoms with E-state index in [0.717, 1.165) is 28.9 Å². The van der Waals surface area contributed by atoms with Gasteiger partial charge in [0, 0.05) is 18.1 Å². The van der Waals surface area contributed by atoms with Crippen LogP contribution in [0.3, 0.4) is 0 Å². The van der Waals surface area contributed by atoms with Crippen molar-refractivity contribution in [1.82, 2.24) is 4.98 Å². The van der Waals surface area contributed by atoms with Gasteiger partial charge in [-0.2, -0.15) is 0 Å². The number of fused-ring (bicyclic) bond motifs is 1. The minimum atomic E-state index is 0.881. The second-order valence-corrected chi connectivity index (χ2v) is 6.41. The number of nitrogens with zero attached hydrogens (tertiary/aromatic N) is 2. The lowest BCUT2D eigenvalue weighted by Gasteiger charge is -1.97. The van der Waals surface area contributed by atoms with Crippen molar-refractivity contribution in [2.24, 2.45) is 4.99 Å². The molecule has 0 aliphatic carbocycles. The Morgan fingerprint density at radius 2 is 1.89 bits per heavy atom. The van der Waals surface area contributed by atoms with E-state index in [9.17, 15) is 0 Å². The molecule has 0 aliphatic rings. The molecule has 0 N–H and O–H groups in total. The fraction of sp³-hybridized carbons (Fsp3) is 0.200. The SMILES string of the molecule is c1ccc(CCCN=c2ssc3ncccc23)cc1. The Balaban J connectivity index is 1.67. The molecule has 3 aromatic rings. The summed E-state index contributed by atoms with van der Waals surface area (Å²) in [6.07, 6.45) is 4.02. The summed E-state index contributed by atoms with van der Waals surface area (Å²) in [5.41, 5.74) is 1.39. The van der Waals surface area contributed by atoms with Crippen LogP contribution in [0, 0.1) is 0 Å². The van der Waals surface area contributed by atoms with Crippen LogP contribution in [0.25, 0.3) is 10.2 Å². The molecule has 0 amide bonds. The molecule has 96 valence electrons. The van der Waals surface area contributed by atoms with E-state index in [0.29, 0.717) is 0 Å². The summed E-state index contributed by atoms with van der Waals surface area (Å²) in [7, 11) is 3.43. The number of rotatable bonds is 4. The van der Waals surface area contributed by atoms with Gasteiger partial charge in [-0.25, -0.2) is 4.98 Å². The minimum absolute atomic E-state index is 0.881. The van der Waals surface area contributed by atoms with Crippen LogP contribution in [0.5, 0.6) is 0 Å². The molecule has 2 nitrogen and oxygen atoms in total. The molecule has 3 rings (SSSR count). The number of aryl methyl sites for hydroxylation is 1. The van der Waals surface area contributed by atoms with Crippen molar-refractivity contribution in [1.29, 1.82) is 0 Å². The number of aromatic nitrogens is 1. The largest absolute Gasteiger partial charge is 0.273 e. The van der Waals surface area contributed by atoms with Gasteiger partial charge in [0.05, 0.1) is 0 Å². The molecular formula is C15H14N2S2. The highest BCUT2D eigenvalue weighted by Crippen LogP contribution is 2.16. The molecule has 0 radical (unpaired) electrons. The third-order valence-corrected chi connectivity index (χ3v) is 5.19. The highest BCUT2D eigenvalue weighted by atomic mass is 32.9. The second-order valence-electron chi connectivity index (χ2n) is 4.30. The normalized spacial score (nSPS) is 12.1. The van der Waals surface area contributed by atoms with Gasteiger partial charge in [-0.1, -0.05) is 51.0 Å². The number of hydrogen-bond donors (Lipinski definition) is 0. The molecule has 0 saturated carbocycles. The van der Waals surface area contributed by atoms with Crippen LogP contribution < -0.4 is 4.67 Å². The zero-order valence-electron chi connectivity index (χ0n) is 10.5. The fourth-order valence-electron chi connectivity index (χ4n) is 1.96. The predicted molar refractivity (Wildman–Crippen MR) is 82.7 cm³/mol. The van der Waals surface area contributed by atoms with Crippen LogP contribution in [-0.4, -0.2) is 11.5 Å². The summed E-state index contributed by atoms with van der Waals surface area (Å²) in [4.78, 5) is 10.1. The number of hydrogen-bond acceptors (Lipinski definition) is 4. The van der Waals surface area contributed by atoms with Crippen LogP contribution in [-0.2, 0) is 6.42 Å². The van der Waals surface area contributed by atoms with Crippen molar-refractivity contribution in [3.8, 4) is 0 Å². The zero-order chi connectivity index (χ0) is 12.9. The second kappa shape index (κ2) is 6.08. The molecule has 19 heavy (non-hydrogen) atoms. The third-order valence-electron chi connectivity index (χ3n) is 2.92. The first-order valence-electron chi connectivity index (χ1n) is 6.32. The monoisotopic (exact) mass is 286 g/mol. The molecule has 0 aliphatic heterocycles. The van der Waals surface area contributed by atoms with Crippen molar-refractivity contribution in [3.63, 3.8) is 0 Å². The Morgan fingerprint density at radius 1 is 1.00 bits per heavy atom. The van der Waals surface area contributed by atoms with Gasteiger partial charge in [0.1, 0.15) is 9.50 Å². The molecular weight excluding hydrogens is 272 g/mol. The predicted octanol–water partition coefficient (Wildman–Crippen LogP) is 3.89. The molecule has 0 bridgehead atoms. The van der Waals surface area contributed by atoms with E-state index in [1.165, 1.54) is 10.9 Å². The van der Waals surface area contributed by atoms with Gasteiger partial charge in [-0.05, 0) is 30.5 Å². The number of benzene rings is 1. The third kappa shape index (κ3) is 3.08. The van der Waals surface area contributed by atoms with Crippen LogP contribution in [0.15, 0.2) is 53.7 Å². The van der Waals surface area contributed by atoms with E-state index in [4.69, 9.17) is 4.99 Å². The van der Waals surface area contributed by atoms with Crippen molar-refractivity contribution >= 4 is 30.9 Å². The molecule has 0 atom stereocenters. The van der Waals surface area contributed by atoms with Gasteiger partial charge in [0.2, 0.25) is 0 Å². The first kappa shape index (κ1) is 12.5. The van der Waals surface area contributed by atoms with Crippen molar-refractivity contribution < 1.29 is 0 Å². The van der Waals surface area contributed by atoms with E-state index in [1.807, 2.05) is 12.3 Å². The molecule has 2 aromatic heterocycles. The molecule has 0 spiro atoms. The van der Waals surface area contributed by atoms with Gasteiger partial charge >= 0.3 is 0 Å². The smallest absolute Gasteiger partial charge is 0.136 e. The van der Waals surface area contributed by atoms with Crippen LogP contribution in [0.2, 0.25) is 0 Å². The minimum Gasteiger partial charge on any atom is -0.273 e. The van der Waals surface area contributed by atoms with Crippen LogP contribution >= 0.6 is 20.7 Å². The number of pyridine rings is 1. The lowest BCUT2D eigenvalue weighted by molar-refractivity contribution is 0.822. The standard InChI is InChI=1S/C15H14N2S2/c1-2-6-12(7-3-1)8-4-10-16-14-13-9-5-11-17-15(13)19-18-14/h1-3,5-7,9,11H,4,8,10H2. The van der Waals surface area contributed by atoms with Crippen molar-refractivity contribution in [2.75, 3.05) is 6.54 Å². The highest BCUT2D eigenvalue weighted by molar-refractivity contribution is 7.71. The van der Waals surface area contributed by atoms with Gasteiger partial charge in [-0.15, -0.1) is 0 Å². The Kier molecular flexibility index (Phi) is 4.01. The Bertz CT molecular complexity index is 713. The molecule has 1 aromatic carbocycles. The van der Waals surface area contributed by atoms with E-state index in [-0.39, 0.29) is 0 Å². The van der Waals surface area contributed by atoms with E-state index < -0.39 is 0 Å². The summed E-state index contributed by atoms with van der Waals surface area (Å²) in [5.74, 6) is 0. The maximum absolute atomic E-state index is 4.70. The fourth-order valence-corrected chi connectivity index (χ4v) is 4.24. The van der Waals surface area contributed by atoms with Crippen molar-refractivity contribution in [2.45, 2.75) is 12.8 Å². The maximum atomic E-state index is 4.70. The summed E-state index contributed by atoms with van der Waals surface area (Å²) in [5, 5.41) is 1.19. The summed E-state index contributed by atoms with van der Waals surface area (Å²) in [6.45, 7) is 0.881. The lowest BCUT2D eigenvalue weighted by Crippen LogP contribution is -1.97. The molecule has 4 heteroatoms. The molecule has 0 unspecified atom stereocenters. The quantitative estimate of drug-likeness (QED) is 0.527. The van der Waals surface area contributed by atoms with Crippen molar-refractivity contribution in [3.05, 3.63) is 58.9 Å². The van der Waals surface area contributed by atoms with Gasteiger partial charge in [-0.3, -0.25) is 4.99 Å². The maximum Gasteiger partial charge on any atom is 0.136 e. The average Bonchev–Trinajstić information content (AvgIpc) is 2.88. The molecule has 2 heterocycles. The zero-order valence-corrected chi connectivity index (χ0v) is 12.1. The summed E-state index contributed by atoms with van der Waals surface area (Å²) >= 11 is 0. The van der Waals surface area contributed by atoms with Gasteiger partial charge in [0.15, 0.2) is 0 Å². The first-order chi connectivity index (χ1) is 9.43. The van der Waals surface area contributed by atoms with Gasteiger partial charge in [0.25, 0.3) is 0 Å². The van der Waals surface area contributed by atoms with Crippen LogP contribution in [0.1, 0.15) is 12.0 Å². The first-order valence-corrected chi connectivity index (χ1v) is 8.47.